The molecule has 1 N–H and O–H groups in total. The van der Waals surface area contributed by atoms with Crippen molar-refractivity contribution in [2.24, 2.45) is 5.41 Å². The Morgan fingerprint density at radius 2 is 2.17 bits per heavy atom. The van der Waals surface area contributed by atoms with E-state index in [1.54, 1.807) is 6.92 Å². The summed E-state index contributed by atoms with van der Waals surface area (Å²) in [7, 11) is 0. The lowest BCUT2D eigenvalue weighted by Gasteiger charge is -2.17. The summed E-state index contributed by atoms with van der Waals surface area (Å²) in [5.74, 6) is 0.0516. The molecule has 0 spiro atoms. The van der Waals surface area contributed by atoms with Gasteiger partial charge in [0.05, 0.1) is 24.2 Å². The number of nitrogens with zero attached hydrogens (tertiary/aromatic N) is 1. The van der Waals surface area contributed by atoms with E-state index in [0.29, 0.717) is 24.3 Å². The zero-order valence-corrected chi connectivity index (χ0v) is 10.9. The van der Waals surface area contributed by atoms with E-state index in [1.165, 1.54) is 18.2 Å². The molecule has 0 bridgehead atoms. The van der Waals surface area contributed by atoms with Crippen LogP contribution in [0.15, 0.2) is 18.2 Å². The lowest BCUT2D eigenvalue weighted by molar-refractivity contribution is 0.188. The predicted octanol–water partition coefficient (Wildman–Crippen LogP) is 3.20. The first-order valence-corrected chi connectivity index (χ1v) is 5.87. The lowest BCUT2D eigenvalue weighted by Crippen LogP contribution is -2.14. The van der Waals surface area contributed by atoms with E-state index in [4.69, 9.17) is 10.00 Å². The summed E-state index contributed by atoms with van der Waals surface area (Å²) in [4.78, 5) is 0. The van der Waals surface area contributed by atoms with Gasteiger partial charge >= 0.3 is 0 Å². The Morgan fingerprint density at radius 1 is 1.50 bits per heavy atom. The normalized spacial score (nSPS) is 12.9. The van der Waals surface area contributed by atoms with Gasteiger partial charge < -0.3 is 9.84 Å². The Kier molecular flexibility index (Phi) is 4.69. The molecular weight excluding hydrogens is 233 g/mol. The molecule has 1 aromatic carbocycles. The standard InChI is InChI=1S/C14H18FNO2/c1-10(17)12-8-11(15)4-5-13(12)18-7-6-14(2,3)9-16/h4-5,8,10,17H,6-7H2,1-3H3/t10-/m0/s1. The van der Waals surface area contributed by atoms with Crippen molar-refractivity contribution < 1.29 is 14.2 Å². The fourth-order valence-corrected chi connectivity index (χ4v) is 1.45. The minimum atomic E-state index is -0.792. The van der Waals surface area contributed by atoms with Crippen molar-refractivity contribution >= 4 is 0 Å². The molecule has 0 heterocycles. The first-order valence-electron chi connectivity index (χ1n) is 5.87. The van der Waals surface area contributed by atoms with Gasteiger partial charge in [-0.3, -0.25) is 0 Å². The van der Waals surface area contributed by atoms with Crippen LogP contribution in [0.5, 0.6) is 5.75 Å². The quantitative estimate of drug-likeness (QED) is 0.874. The third-order valence-corrected chi connectivity index (χ3v) is 2.71. The zero-order valence-electron chi connectivity index (χ0n) is 10.9. The van der Waals surface area contributed by atoms with Crippen LogP contribution < -0.4 is 4.74 Å². The topological polar surface area (TPSA) is 53.2 Å². The highest BCUT2D eigenvalue weighted by atomic mass is 19.1. The highest BCUT2D eigenvalue weighted by Crippen LogP contribution is 2.27. The van der Waals surface area contributed by atoms with Gasteiger partial charge in [0.15, 0.2) is 0 Å². The number of ether oxygens (including phenoxy) is 1. The Hall–Kier alpha value is -1.60. The highest BCUT2D eigenvalue weighted by molar-refractivity contribution is 5.35. The Bertz CT molecular complexity index is 450. The summed E-state index contributed by atoms with van der Waals surface area (Å²) in [6, 6.07) is 6.23. The first kappa shape index (κ1) is 14.5. The summed E-state index contributed by atoms with van der Waals surface area (Å²) in [6.45, 7) is 5.57. The van der Waals surface area contributed by atoms with Crippen molar-refractivity contribution in [3.63, 3.8) is 0 Å². The van der Waals surface area contributed by atoms with Crippen LogP contribution in [0.2, 0.25) is 0 Å². The maximum absolute atomic E-state index is 13.1. The number of aliphatic hydroxyl groups excluding tert-OH is 1. The average Bonchev–Trinajstić information content (AvgIpc) is 2.30. The number of hydrogen-bond acceptors (Lipinski definition) is 3. The molecule has 98 valence electrons. The maximum atomic E-state index is 13.1. The molecule has 0 aromatic heterocycles. The largest absolute Gasteiger partial charge is 0.493 e. The van der Waals surface area contributed by atoms with Gasteiger partial charge in [0.1, 0.15) is 11.6 Å². The summed E-state index contributed by atoms with van der Waals surface area (Å²) in [6.07, 6.45) is -0.222. The molecule has 0 saturated carbocycles. The second kappa shape index (κ2) is 5.83. The van der Waals surface area contributed by atoms with Gasteiger partial charge in [-0.1, -0.05) is 0 Å². The molecule has 0 aliphatic carbocycles. The van der Waals surface area contributed by atoms with E-state index in [0.717, 1.165) is 0 Å². The molecule has 1 atom stereocenters. The van der Waals surface area contributed by atoms with Crippen molar-refractivity contribution in [3.05, 3.63) is 29.6 Å². The fourth-order valence-electron chi connectivity index (χ4n) is 1.45. The van der Waals surface area contributed by atoms with Crippen molar-refractivity contribution in [2.75, 3.05) is 6.61 Å². The second-order valence-electron chi connectivity index (χ2n) is 4.95. The van der Waals surface area contributed by atoms with Crippen LogP contribution in [-0.4, -0.2) is 11.7 Å². The highest BCUT2D eigenvalue weighted by Gasteiger charge is 2.17. The summed E-state index contributed by atoms with van der Waals surface area (Å²) in [5.41, 5.74) is -0.0323. The summed E-state index contributed by atoms with van der Waals surface area (Å²) in [5, 5.41) is 18.4. The van der Waals surface area contributed by atoms with Crippen LogP contribution >= 0.6 is 0 Å². The van der Waals surface area contributed by atoms with Gasteiger partial charge in [0.25, 0.3) is 0 Å². The lowest BCUT2D eigenvalue weighted by atomic mass is 9.92. The molecule has 0 aliphatic rings. The number of halogens is 1. The minimum absolute atomic E-state index is 0.353. The van der Waals surface area contributed by atoms with Crippen molar-refractivity contribution in [1.82, 2.24) is 0 Å². The number of nitriles is 1. The molecule has 0 unspecified atom stereocenters. The van der Waals surface area contributed by atoms with Crippen molar-refractivity contribution in [3.8, 4) is 11.8 Å². The molecule has 1 rings (SSSR count). The van der Waals surface area contributed by atoms with Crippen LogP contribution in [0.25, 0.3) is 0 Å². The molecule has 0 saturated heterocycles. The Morgan fingerprint density at radius 3 is 2.72 bits per heavy atom. The van der Waals surface area contributed by atoms with E-state index in [-0.39, 0.29) is 0 Å². The maximum Gasteiger partial charge on any atom is 0.125 e. The predicted molar refractivity (Wildman–Crippen MR) is 66.5 cm³/mol. The van der Waals surface area contributed by atoms with E-state index in [1.807, 2.05) is 13.8 Å². The van der Waals surface area contributed by atoms with Gasteiger partial charge in [-0.2, -0.15) is 5.26 Å². The SMILES string of the molecule is C[C@H](O)c1cc(F)ccc1OCCC(C)(C)C#N. The van der Waals surface area contributed by atoms with Crippen LogP contribution in [-0.2, 0) is 0 Å². The number of rotatable bonds is 5. The number of hydrogen-bond donors (Lipinski definition) is 1. The van der Waals surface area contributed by atoms with E-state index < -0.39 is 17.3 Å². The molecule has 0 aliphatic heterocycles. The Labute approximate surface area is 107 Å². The van der Waals surface area contributed by atoms with Crippen LogP contribution in [0.3, 0.4) is 0 Å². The second-order valence-corrected chi connectivity index (χ2v) is 4.95. The van der Waals surface area contributed by atoms with E-state index in [9.17, 15) is 9.50 Å². The van der Waals surface area contributed by atoms with Crippen molar-refractivity contribution in [2.45, 2.75) is 33.3 Å². The molecule has 0 amide bonds. The monoisotopic (exact) mass is 251 g/mol. The van der Waals surface area contributed by atoms with E-state index in [2.05, 4.69) is 6.07 Å². The molecule has 18 heavy (non-hydrogen) atoms. The molecule has 4 heteroatoms. The number of aliphatic hydroxyl groups is 1. The average molecular weight is 251 g/mol. The number of benzene rings is 1. The van der Waals surface area contributed by atoms with Gasteiger partial charge in [-0.15, -0.1) is 0 Å². The molecule has 1 aromatic rings. The van der Waals surface area contributed by atoms with Crippen molar-refractivity contribution in [1.29, 1.82) is 5.26 Å². The third kappa shape index (κ3) is 4.01. The molecular formula is C14H18FNO2. The molecule has 0 fully saturated rings. The fraction of sp³-hybridized carbons (Fsp3) is 0.500. The van der Waals surface area contributed by atoms with Crippen LogP contribution in [0.1, 0.15) is 38.9 Å². The third-order valence-electron chi connectivity index (χ3n) is 2.71. The van der Waals surface area contributed by atoms with Crippen LogP contribution in [0.4, 0.5) is 4.39 Å². The zero-order chi connectivity index (χ0) is 13.8. The first-order chi connectivity index (χ1) is 8.35. The minimum Gasteiger partial charge on any atom is -0.493 e. The van der Waals surface area contributed by atoms with Gasteiger partial charge in [0, 0.05) is 5.56 Å². The molecule has 0 radical (unpaired) electrons. The molecule has 3 nitrogen and oxygen atoms in total. The van der Waals surface area contributed by atoms with E-state index >= 15 is 0 Å². The van der Waals surface area contributed by atoms with Gasteiger partial charge in [-0.05, 0) is 45.4 Å². The summed E-state index contributed by atoms with van der Waals surface area (Å²) < 4.78 is 18.6. The van der Waals surface area contributed by atoms with Gasteiger partial charge in [-0.25, -0.2) is 4.39 Å². The Balaban J connectivity index is 2.71. The van der Waals surface area contributed by atoms with Crippen LogP contribution in [0, 0.1) is 22.6 Å². The smallest absolute Gasteiger partial charge is 0.125 e. The van der Waals surface area contributed by atoms with Gasteiger partial charge in [0.2, 0.25) is 0 Å². The summed E-state index contributed by atoms with van der Waals surface area (Å²) >= 11 is 0.